The average Bonchev–Trinajstić information content (AvgIpc) is 3.45. The minimum atomic E-state index is -0.913. The SMILES string of the molecule is Cc1cccc2cccc(N3CCc4c(nc(OCC5CCCN5C(=O)O)nc4N4CCNC(CC#N)C4)C3)c12. The normalized spacial score (nSPS) is 20.9. The lowest BCUT2D eigenvalue weighted by atomic mass is 9.99. The van der Waals surface area contributed by atoms with Crippen LogP contribution in [0.5, 0.6) is 6.01 Å². The van der Waals surface area contributed by atoms with Crippen LogP contribution in [0.4, 0.5) is 16.3 Å². The predicted octanol–water partition coefficient (Wildman–Crippen LogP) is 3.71. The number of piperazine rings is 1. The minimum Gasteiger partial charge on any atom is -0.465 e. The van der Waals surface area contributed by atoms with E-state index in [2.05, 4.69) is 64.5 Å². The van der Waals surface area contributed by atoms with Crippen molar-refractivity contribution in [2.75, 3.05) is 49.1 Å². The Morgan fingerprint density at radius 3 is 2.85 bits per heavy atom. The van der Waals surface area contributed by atoms with Gasteiger partial charge < -0.3 is 29.9 Å². The number of hydrogen-bond acceptors (Lipinski definition) is 8. The standard InChI is InChI=1S/C30H35N7O3/c1-20-5-2-6-21-7-3-9-26(27(20)21)35-15-11-24-25(18-35)33-29(40-19-23-8-4-14-37(23)30(38)39)34-28(24)36-16-13-32-22(17-36)10-12-31/h2-3,5-7,9,22-23,32H,4,8,10-11,13-19H2,1H3,(H,38,39). The van der Waals surface area contributed by atoms with Gasteiger partial charge in [-0.25, -0.2) is 4.79 Å². The summed E-state index contributed by atoms with van der Waals surface area (Å²) in [6, 6.07) is 15.3. The van der Waals surface area contributed by atoms with Crippen LogP contribution >= 0.6 is 0 Å². The van der Waals surface area contributed by atoms with Crippen LogP contribution in [0.25, 0.3) is 10.8 Å². The molecule has 1 aromatic heterocycles. The molecule has 6 rings (SSSR count). The maximum atomic E-state index is 11.6. The molecule has 2 fully saturated rings. The second kappa shape index (κ2) is 11.2. The highest BCUT2D eigenvalue weighted by Gasteiger charge is 2.31. The van der Waals surface area contributed by atoms with Crippen molar-refractivity contribution in [1.82, 2.24) is 20.2 Å². The van der Waals surface area contributed by atoms with E-state index >= 15 is 0 Å². The van der Waals surface area contributed by atoms with Gasteiger partial charge in [-0.2, -0.15) is 15.2 Å². The third kappa shape index (κ3) is 5.09. The van der Waals surface area contributed by atoms with Gasteiger partial charge in [0.25, 0.3) is 0 Å². The number of aromatic nitrogens is 2. The third-order valence-electron chi connectivity index (χ3n) is 8.37. The fourth-order valence-electron chi connectivity index (χ4n) is 6.39. The van der Waals surface area contributed by atoms with E-state index in [4.69, 9.17) is 14.7 Å². The topological polar surface area (TPSA) is 118 Å². The fraction of sp³-hybridized carbons (Fsp3) is 0.467. The highest BCUT2D eigenvalue weighted by molar-refractivity contribution is 5.97. The zero-order valence-corrected chi connectivity index (χ0v) is 22.8. The molecule has 0 saturated carbocycles. The van der Waals surface area contributed by atoms with Crippen LogP contribution in [0.2, 0.25) is 0 Å². The number of carboxylic acid groups (broad SMARTS) is 1. The lowest BCUT2D eigenvalue weighted by Crippen LogP contribution is -2.51. The maximum absolute atomic E-state index is 11.6. The van der Waals surface area contributed by atoms with Crippen molar-refractivity contribution >= 4 is 28.4 Å². The number of hydrogen-bond donors (Lipinski definition) is 2. The molecule has 3 aromatic rings. The van der Waals surface area contributed by atoms with Crippen molar-refractivity contribution in [3.05, 3.63) is 53.2 Å². The maximum Gasteiger partial charge on any atom is 0.407 e. The van der Waals surface area contributed by atoms with Gasteiger partial charge in [0.1, 0.15) is 12.4 Å². The number of carbonyl (C=O) groups is 1. The molecule has 2 N–H and O–H groups in total. The molecule has 10 heteroatoms. The Labute approximate surface area is 234 Å². The Morgan fingerprint density at radius 1 is 1.18 bits per heavy atom. The van der Waals surface area contributed by atoms with E-state index in [1.165, 1.54) is 26.9 Å². The van der Waals surface area contributed by atoms with Gasteiger partial charge in [0.05, 0.1) is 30.8 Å². The minimum absolute atomic E-state index is 0.0788. The molecule has 1 amide bonds. The quantitative estimate of drug-likeness (QED) is 0.481. The van der Waals surface area contributed by atoms with Gasteiger partial charge in [-0.1, -0.05) is 30.3 Å². The van der Waals surface area contributed by atoms with Crippen LogP contribution in [0.1, 0.15) is 36.1 Å². The molecule has 0 radical (unpaired) electrons. The van der Waals surface area contributed by atoms with Crippen molar-refractivity contribution < 1.29 is 14.6 Å². The molecular weight excluding hydrogens is 506 g/mol. The molecule has 0 spiro atoms. The van der Waals surface area contributed by atoms with Crippen LogP contribution < -0.4 is 19.9 Å². The van der Waals surface area contributed by atoms with E-state index in [0.29, 0.717) is 26.1 Å². The van der Waals surface area contributed by atoms with Gasteiger partial charge in [0, 0.05) is 55.4 Å². The molecule has 208 valence electrons. The summed E-state index contributed by atoms with van der Waals surface area (Å²) in [5.41, 5.74) is 4.51. The summed E-state index contributed by atoms with van der Waals surface area (Å²) in [5.74, 6) is 0.875. The number of benzene rings is 2. The summed E-state index contributed by atoms with van der Waals surface area (Å²) in [5, 5.41) is 24.7. The van der Waals surface area contributed by atoms with Crippen LogP contribution in [-0.4, -0.2) is 77.5 Å². The summed E-state index contributed by atoms with van der Waals surface area (Å²) in [6.45, 7) is 6.65. The van der Waals surface area contributed by atoms with Gasteiger partial charge in [-0.15, -0.1) is 0 Å². The number of anilines is 2. The van der Waals surface area contributed by atoms with E-state index in [-0.39, 0.29) is 24.7 Å². The number of nitriles is 1. The van der Waals surface area contributed by atoms with E-state index in [1.54, 1.807) is 0 Å². The summed E-state index contributed by atoms with van der Waals surface area (Å²) >= 11 is 0. The second-order valence-corrected chi connectivity index (χ2v) is 10.9. The number of amides is 1. The van der Waals surface area contributed by atoms with Gasteiger partial charge in [0.2, 0.25) is 0 Å². The van der Waals surface area contributed by atoms with Gasteiger partial charge in [-0.3, -0.25) is 0 Å². The van der Waals surface area contributed by atoms with Crippen molar-refractivity contribution in [3.63, 3.8) is 0 Å². The fourth-order valence-corrected chi connectivity index (χ4v) is 6.39. The number of fused-ring (bicyclic) bond motifs is 2. The van der Waals surface area contributed by atoms with Crippen LogP contribution in [-0.2, 0) is 13.0 Å². The monoisotopic (exact) mass is 541 g/mol. The molecule has 4 heterocycles. The predicted molar refractivity (Wildman–Crippen MR) is 153 cm³/mol. The third-order valence-corrected chi connectivity index (χ3v) is 8.37. The Morgan fingerprint density at radius 2 is 2.02 bits per heavy atom. The van der Waals surface area contributed by atoms with Crippen LogP contribution in [0, 0.1) is 18.3 Å². The highest BCUT2D eigenvalue weighted by atomic mass is 16.5. The molecule has 2 atom stereocenters. The zero-order chi connectivity index (χ0) is 27.6. The number of ether oxygens (including phenoxy) is 1. The molecule has 10 nitrogen and oxygen atoms in total. The summed E-state index contributed by atoms with van der Waals surface area (Å²) < 4.78 is 6.13. The molecule has 2 aromatic carbocycles. The van der Waals surface area contributed by atoms with Crippen molar-refractivity contribution in [2.45, 2.75) is 51.2 Å². The molecule has 3 aliphatic heterocycles. The molecule has 0 bridgehead atoms. The van der Waals surface area contributed by atoms with Crippen molar-refractivity contribution in [2.24, 2.45) is 0 Å². The van der Waals surface area contributed by atoms with Crippen LogP contribution in [0.15, 0.2) is 36.4 Å². The number of aryl methyl sites for hydroxylation is 1. The average molecular weight is 542 g/mol. The van der Waals surface area contributed by atoms with Gasteiger partial charge >= 0.3 is 12.1 Å². The molecule has 0 aliphatic carbocycles. The molecule has 40 heavy (non-hydrogen) atoms. The highest BCUT2D eigenvalue weighted by Crippen LogP contribution is 2.35. The zero-order valence-electron chi connectivity index (χ0n) is 22.8. The van der Waals surface area contributed by atoms with Crippen LogP contribution in [0.3, 0.4) is 0 Å². The molecule has 3 aliphatic rings. The smallest absolute Gasteiger partial charge is 0.407 e. The van der Waals surface area contributed by atoms with Crippen molar-refractivity contribution in [1.29, 1.82) is 5.26 Å². The number of nitrogens with one attached hydrogen (secondary N) is 1. The molecule has 2 saturated heterocycles. The van der Waals surface area contributed by atoms with E-state index in [9.17, 15) is 15.2 Å². The Bertz CT molecular complexity index is 1450. The van der Waals surface area contributed by atoms with Crippen molar-refractivity contribution in [3.8, 4) is 12.1 Å². The number of likely N-dealkylation sites (tertiary alicyclic amines) is 1. The van der Waals surface area contributed by atoms with E-state index < -0.39 is 6.09 Å². The lowest BCUT2D eigenvalue weighted by molar-refractivity contribution is 0.121. The first kappa shape index (κ1) is 26.1. The first-order valence-electron chi connectivity index (χ1n) is 14.1. The largest absolute Gasteiger partial charge is 0.465 e. The molecular formula is C30H35N7O3. The van der Waals surface area contributed by atoms with E-state index in [1.807, 2.05) is 0 Å². The summed E-state index contributed by atoms with van der Waals surface area (Å²) in [7, 11) is 0. The van der Waals surface area contributed by atoms with Gasteiger partial charge in [-0.05, 0) is 43.2 Å². The summed E-state index contributed by atoms with van der Waals surface area (Å²) in [6.07, 6.45) is 1.93. The lowest BCUT2D eigenvalue weighted by Gasteiger charge is -2.37. The number of rotatable bonds is 6. The van der Waals surface area contributed by atoms with E-state index in [0.717, 1.165) is 56.0 Å². The summed E-state index contributed by atoms with van der Waals surface area (Å²) in [4.78, 5) is 27.5. The molecule has 2 unspecified atom stereocenters. The Hall–Kier alpha value is -4.10. The second-order valence-electron chi connectivity index (χ2n) is 10.9. The van der Waals surface area contributed by atoms with Gasteiger partial charge in [0.15, 0.2) is 0 Å². The first-order chi connectivity index (χ1) is 19.5. The Kier molecular flexibility index (Phi) is 7.30. The number of nitrogens with zero attached hydrogens (tertiary/aromatic N) is 6. The Balaban J connectivity index is 1.33. The first-order valence-corrected chi connectivity index (χ1v) is 14.1.